The first kappa shape index (κ1) is 20.0. The Balaban J connectivity index is 0.000000431. The van der Waals surface area contributed by atoms with Crippen molar-refractivity contribution < 1.29 is 0 Å². The molecular weight excluding hydrogens is 338 g/mol. The number of aryl methyl sites for hydroxylation is 1. The molecule has 0 amide bonds. The van der Waals surface area contributed by atoms with Gasteiger partial charge in [-0.25, -0.2) is 4.98 Å². The van der Waals surface area contributed by atoms with Crippen molar-refractivity contribution in [3.63, 3.8) is 0 Å². The molecule has 1 N–H and O–H groups in total. The summed E-state index contributed by atoms with van der Waals surface area (Å²) in [6.45, 7) is 10.7. The Morgan fingerprint density at radius 3 is 2.46 bits per heavy atom. The predicted octanol–water partition coefficient (Wildman–Crippen LogP) is 6.77. The van der Waals surface area contributed by atoms with E-state index in [-0.39, 0.29) is 0 Å². The van der Waals surface area contributed by atoms with Gasteiger partial charge in [0.2, 0.25) is 0 Å². The van der Waals surface area contributed by atoms with Crippen molar-refractivity contribution in [2.75, 3.05) is 0 Å². The Kier molecular flexibility index (Phi) is 7.22. The van der Waals surface area contributed by atoms with Crippen LogP contribution in [0.1, 0.15) is 45.4 Å². The number of hydrogen-bond donors (Lipinski definition) is 1. The first-order chi connectivity index (χ1) is 12.5. The van der Waals surface area contributed by atoms with Gasteiger partial charge in [-0.05, 0) is 49.1 Å². The number of thiophene rings is 1. The van der Waals surface area contributed by atoms with Crippen LogP contribution in [0.15, 0.2) is 42.0 Å². The van der Waals surface area contributed by atoms with Crippen LogP contribution in [-0.2, 0) is 0 Å². The third kappa shape index (κ3) is 4.64. The Labute approximate surface area is 160 Å². The number of aromatic nitrogens is 2. The van der Waals surface area contributed by atoms with E-state index >= 15 is 0 Å². The highest BCUT2D eigenvalue weighted by atomic mass is 32.1. The van der Waals surface area contributed by atoms with Crippen molar-refractivity contribution >= 4 is 33.3 Å². The lowest BCUT2D eigenvalue weighted by Gasteiger charge is -2.05. The molecule has 0 aliphatic carbocycles. The topological polar surface area (TPSA) is 49.6 Å². The molecule has 0 bridgehead atoms. The average molecular weight is 366 g/mol. The molecule has 3 heterocycles. The van der Waals surface area contributed by atoms with E-state index in [1.807, 2.05) is 25.1 Å². The molecule has 0 atom stereocenters. The van der Waals surface area contributed by atoms with Crippen LogP contribution in [0.3, 0.4) is 0 Å². The van der Waals surface area contributed by atoms with Crippen molar-refractivity contribution in [2.45, 2.75) is 41.0 Å². The van der Waals surface area contributed by atoms with E-state index < -0.39 is 0 Å². The normalized spacial score (nSPS) is 11.4. The second kappa shape index (κ2) is 9.39. The third-order valence-electron chi connectivity index (χ3n) is 4.28. The van der Waals surface area contributed by atoms with E-state index in [1.54, 1.807) is 23.7 Å². The van der Waals surface area contributed by atoms with Crippen LogP contribution in [-0.4, -0.2) is 16.2 Å². The molecule has 0 saturated carbocycles. The van der Waals surface area contributed by atoms with Crippen LogP contribution in [0.4, 0.5) is 0 Å². The van der Waals surface area contributed by atoms with Gasteiger partial charge in [0.1, 0.15) is 0 Å². The highest BCUT2D eigenvalue weighted by Gasteiger charge is 2.12. The molecule has 4 heteroatoms. The van der Waals surface area contributed by atoms with Gasteiger partial charge < -0.3 is 5.41 Å². The average Bonchev–Trinajstić information content (AvgIpc) is 3.08. The highest BCUT2D eigenvalue weighted by molar-refractivity contribution is 7.17. The summed E-state index contributed by atoms with van der Waals surface area (Å²) in [6.07, 6.45) is 8.17. The standard InChI is InChI=1S/C17H15N3S.C5H12/c1-3-12(9-18)15-8-11(2)17-16(20-15)14(10-21-17)13-4-6-19-7-5-13;1-4-5(2)3/h3-10,18H,1-2H3;5H,4H2,1-3H3/b12-3+,18-9?;. The number of rotatable bonds is 4. The summed E-state index contributed by atoms with van der Waals surface area (Å²) in [4.78, 5) is 8.85. The molecule has 26 heavy (non-hydrogen) atoms. The minimum Gasteiger partial charge on any atom is -0.308 e. The Morgan fingerprint density at radius 2 is 1.92 bits per heavy atom. The zero-order valence-corrected chi connectivity index (χ0v) is 17.0. The number of allylic oxidation sites excluding steroid dienone is 2. The lowest BCUT2D eigenvalue weighted by molar-refractivity contribution is 0.626. The molecule has 0 fully saturated rings. The molecule has 136 valence electrons. The fraction of sp³-hybridized carbons (Fsp3) is 0.318. The van der Waals surface area contributed by atoms with Crippen LogP contribution in [0.5, 0.6) is 0 Å². The molecule has 3 rings (SSSR count). The van der Waals surface area contributed by atoms with E-state index in [2.05, 4.69) is 44.1 Å². The van der Waals surface area contributed by atoms with Crippen molar-refractivity contribution in [1.29, 1.82) is 5.41 Å². The molecule has 0 unspecified atom stereocenters. The number of hydrogen-bond acceptors (Lipinski definition) is 4. The summed E-state index contributed by atoms with van der Waals surface area (Å²) in [7, 11) is 0. The van der Waals surface area contributed by atoms with Crippen molar-refractivity contribution in [3.05, 3.63) is 53.3 Å². The molecule has 3 nitrogen and oxygen atoms in total. The fourth-order valence-electron chi connectivity index (χ4n) is 2.36. The van der Waals surface area contributed by atoms with Gasteiger partial charge in [0.25, 0.3) is 0 Å². The highest BCUT2D eigenvalue weighted by Crippen LogP contribution is 2.35. The van der Waals surface area contributed by atoms with Gasteiger partial charge in [-0.15, -0.1) is 11.3 Å². The maximum atomic E-state index is 7.52. The first-order valence-electron chi connectivity index (χ1n) is 8.98. The van der Waals surface area contributed by atoms with Crippen molar-refractivity contribution in [1.82, 2.24) is 9.97 Å². The Bertz CT molecular complexity index is 892. The number of nitrogens with zero attached hydrogens (tertiary/aromatic N) is 2. The zero-order chi connectivity index (χ0) is 19.1. The monoisotopic (exact) mass is 365 g/mol. The maximum Gasteiger partial charge on any atom is 0.0898 e. The van der Waals surface area contributed by atoms with E-state index in [4.69, 9.17) is 10.4 Å². The van der Waals surface area contributed by atoms with Gasteiger partial charge in [0.15, 0.2) is 0 Å². The minimum absolute atomic E-state index is 0.840. The molecule has 3 aromatic rings. The second-order valence-electron chi connectivity index (χ2n) is 6.58. The largest absolute Gasteiger partial charge is 0.308 e. The molecule has 0 saturated heterocycles. The summed E-state index contributed by atoms with van der Waals surface area (Å²) >= 11 is 1.71. The molecule has 3 aromatic heterocycles. The van der Waals surface area contributed by atoms with Crippen LogP contribution in [0.2, 0.25) is 0 Å². The molecular formula is C22H27N3S. The number of pyridine rings is 2. The first-order valence-corrected chi connectivity index (χ1v) is 9.86. The number of fused-ring (bicyclic) bond motifs is 1. The lowest BCUT2D eigenvalue weighted by Crippen LogP contribution is -1.92. The Hall–Kier alpha value is -2.33. The summed E-state index contributed by atoms with van der Waals surface area (Å²) in [6, 6.07) is 6.05. The van der Waals surface area contributed by atoms with Gasteiger partial charge in [0, 0.05) is 35.1 Å². The van der Waals surface area contributed by atoms with Crippen molar-refractivity contribution in [3.8, 4) is 11.1 Å². The third-order valence-corrected chi connectivity index (χ3v) is 5.38. The predicted molar refractivity (Wildman–Crippen MR) is 115 cm³/mol. The van der Waals surface area contributed by atoms with E-state index in [0.717, 1.165) is 33.8 Å². The lowest BCUT2D eigenvalue weighted by atomic mass is 10.1. The van der Waals surface area contributed by atoms with Crippen molar-refractivity contribution in [2.24, 2.45) is 5.92 Å². The van der Waals surface area contributed by atoms with E-state index in [1.165, 1.54) is 22.9 Å². The number of nitrogens with one attached hydrogen (secondary N) is 1. The summed E-state index contributed by atoms with van der Waals surface area (Å²) < 4.78 is 1.20. The minimum atomic E-state index is 0.840. The summed E-state index contributed by atoms with van der Waals surface area (Å²) in [5, 5.41) is 9.66. The molecule has 0 aromatic carbocycles. The van der Waals surface area contributed by atoms with Gasteiger partial charge >= 0.3 is 0 Å². The van der Waals surface area contributed by atoms with Gasteiger partial charge in [-0.3, -0.25) is 4.98 Å². The van der Waals surface area contributed by atoms with Gasteiger partial charge in [0.05, 0.1) is 15.9 Å². The Morgan fingerprint density at radius 1 is 1.27 bits per heavy atom. The quantitative estimate of drug-likeness (QED) is 0.518. The van der Waals surface area contributed by atoms with Crippen LogP contribution < -0.4 is 0 Å². The molecule has 0 aliphatic heterocycles. The van der Waals surface area contributed by atoms with E-state index in [0.29, 0.717) is 0 Å². The summed E-state index contributed by atoms with van der Waals surface area (Å²) in [5.41, 5.74) is 6.14. The maximum absolute atomic E-state index is 7.52. The smallest absolute Gasteiger partial charge is 0.0898 e. The second-order valence-corrected chi connectivity index (χ2v) is 7.46. The van der Waals surface area contributed by atoms with Gasteiger partial charge in [-0.2, -0.15) is 0 Å². The molecule has 0 spiro atoms. The van der Waals surface area contributed by atoms with E-state index in [9.17, 15) is 0 Å². The van der Waals surface area contributed by atoms with Crippen LogP contribution >= 0.6 is 11.3 Å². The summed E-state index contributed by atoms with van der Waals surface area (Å²) in [5.74, 6) is 0.884. The van der Waals surface area contributed by atoms with Crippen LogP contribution in [0, 0.1) is 18.3 Å². The van der Waals surface area contributed by atoms with Crippen LogP contribution in [0.25, 0.3) is 26.9 Å². The fourth-order valence-corrected chi connectivity index (χ4v) is 3.35. The molecule has 0 radical (unpaired) electrons. The molecule has 0 aliphatic rings. The SMILES string of the molecule is C/C=C(\C=N)c1cc(C)c2scc(-c3ccncc3)c2n1.CCC(C)C. The van der Waals surface area contributed by atoms with Gasteiger partial charge in [-0.1, -0.05) is 33.3 Å². The zero-order valence-electron chi connectivity index (χ0n) is 16.2.